The van der Waals surface area contributed by atoms with Gasteiger partial charge in [-0.2, -0.15) is 0 Å². The summed E-state index contributed by atoms with van der Waals surface area (Å²) in [6, 6.07) is 14.9. The molecule has 0 aromatic heterocycles. The molecule has 2 amide bonds. The predicted octanol–water partition coefficient (Wildman–Crippen LogP) is 3.17. The standard InChI is InChI=1S/C20H20N2O3/c1-2-12-22(16-6-4-3-5-7-16)20(24)14-25-17-9-10-18-15(13-17)8-11-19(23)21-18/h2-7,9-10,13H,1,8,11-12,14H2,(H,21,23). The molecule has 0 bridgehead atoms. The number of hydrogen-bond donors (Lipinski definition) is 1. The molecule has 3 rings (SSSR count). The Morgan fingerprint density at radius 3 is 2.76 bits per heavy atom. The molecule has 0 spiro atoms. The molecule has 1 aliphatic rings. The van der Waals surface area contributed by atoms with Crippen LogP contribution >= 0.6 is 0 Å². The first-order chi connectivity index (χ1) is 12.2. The predicted molar refractivity (Wildman–Crippen MR) is 97.9 cm³/mol. The van der Waals surface area contributed by atoms with Crippen molar-refractivity contribution in [2.75, 3.05) is 23.4 Å². The van der Waals surface area contributed by atoms with E-state index in [1.165, 1.54) is 0 Å². The molecule has 5 nitrogen and oxygen atoms in total. The number of rotatable bonds is 6. The molecule has 0 unspecified atom stereocenters. The number of carbonyl (C=O) groups excluding carboxylic acids is 2. The topological polar surface area (TPSA) is 58.6 Å². The summed E-state index contributed by atoms with van der Waals surface area (Å²) in [5.41, 5.74) is 2.65. The Hall–Kier alpha value is -3.08. The SMILES string of the molecule is C=CCN(C(=O)COc1ccc2c(c1)CCC(=O)N2)c1ccccc1. The third-order valence-electron chi connectivity index (χ3n) is 4.02. The number of hydrogen-bond acceptors (Lipinski definition) is 3. The summed E-state index contributed by atoms with van der Waals surface area (Å²) < 4.78 is 5.67. The van der Waals surface area contributed by atoms with Crippen molar-refractivity contribution in [3.8, 4) is 5.75 Å². The number of nitrogens with zero attached hydrogens (tertiary/aromatic N) is 1. The van der Waals surface area contributed by atoms with Crippen LogP contribution in [0.4, 0.5) is 11.4 Å². The van der Waals surface area contributed by atoms with Crippen molar-refractivity contribution in [2.45, 2.75) is 12.8 Å². The van der Waals surface area contributed by atoms with E-state index in [0.717, 1.165) is 16.9 Å². The number of nitrogens with one attached hydrogen (secondary N) is 1. The fraction of sp³-hybridized carbons (Fsp3) is 0.200. The second-order valence-corrected chi connectivity index (χ2v) is 5.78. The summed E-state index contributed by atoms with van der Waals surface area (Å²) in [5.74, 6) is 0.506. The van der Waals surface area contributed by atoms with Crippen molar-refractivity contribution in [2.24, 2.45) is 0 Å². The Morgan fingerprint density at radius 2 is 2.00 bits per heavy atom. The van der Waals surface area contributed by atoms with Crippen molar-refractivity contribution in [1.82, 2.24) is 0 Å². The van der Waals surface area contributed by atoms with E-state index in [1.807, 2.05) is 42.5 Å². The van der Waals surface area contributed by atoms with Gasteiger partial charge < -0.3 is 15.0 Å². The zero-order valence-electron chi connectivity index (χ0n) is 13.9. The minimum atomic E-state index is -0.142. The summed E-state index contributed by atoms with van der Waals surface area (Å²) in [7, 11) is 0. The normalized spacial score (nSPS) is 12.7. The van der Waals surface area contributed by atoms with Gasteiger partial charge in [0.2, 0.25) is 5.91 Å². The van der Waals surface area contributed by atoms with E-state index in [4.69, 9.17) is 4.74 Å². The van der Waals surface area contributed by atoms with Crippen molar-refractivity contribution in [3.63, 3.8) is 0 Å². The van der Waals surface area contributed by atoms with Gasteiger partial charge in [-0.3, -0.25) is 9.59 Å². The van der Waals surface area contributed by atoms with Crippen LogP contribution in [0, 0.1) is 0 Å². The lowest BCUT2D eigenvalue weighted by Crippen LogP contribution is -2.35. The maximum Gasteiger partial charge on any atom is 0.265 e. The molecule has 5 heteroatoms. The number of anilines is 2. The molecule has 0 saturated heterocycles. The molecule has 2 aromatic carbocycles. The lowest BCUT2D eigenvalue weighted by Gasteiger charge is -2.22. The Morgan fingerprint density at radius 1 is 1.20 bits per heavy atom. The first kappa shape index (κ1) is 16.8. The first-order valence-electron chi connectivity index (χ1n) is 8.19. The quantitative estimate of drug-likeness (QED) is 0.824. The minimum Gasteiger partial charge on any atom is -0.484 e. The van der Waals surface area contributed by atoms with E-state index < -0.39 is 0 Å². The highest BCUT2D eigenvalue weighted by molar-refractivity contribution is 5.95. The molecule has 0 atom stereocenters. The number of para-hydroxylation sites is 1. The number of benzene rings is 2. The smallest absolute Gasteiger partial charge is 0.265 e. The van der Waals surface area contributed by atoms with Crippen LogP contribution in [0.2, 0.25) is 0 Å². The fourth-order valence-corrected chi connectivity index (χ4v) is 2.76. The number of carbonyl (C=O) groups is 2. The third kappa shape index (κ3) is 4.07. The maximum absolute atomic E-state index is 12.5. The molecular formula is C20H20N2O3. The van der Waals surface area contributed by atoms with Gasteiger partial charge in [0.15, 0.2) is 6.61 Å². The van der Waals surface area contributed by atoms with Gasteiger partial charge in [0, 0.05) is 24.3 Å². The number of ether oxygens (including phenoxy) is 1. The lowest BCUT2D eigenvalue weighted by atomic mass is 10.0. The number of amides is 2. The Kier molecular flexibility index (Phi) is 5.14. The van der Waals surface area contributed by atoms with Crippen LogP contribution in [-0.2, 0) is 16.0 Å². The molecule has 128 valence electrons. The summed E-state index contributed by atoms with van der Waals surface area (Å²) in [6.45, 7) is 4.07. The Balaban J connectivity index is 1.67. The van der Waals surface area contributed by atoms with Crippen LogP contribution in [0.1, 0.15) is 12.0 Å². The van der Waals surface area contributed by atoms with Crippen LogP contribution in [-0.4, -0.2) is 25.0 Å². The summed E-state index contributed by atoms with van der Waals surface area (Å²) >= 11 is 0. The Labute approximate surface area is 146 Å². The summed E-state index contributed by atoms with van der Waals surface area (Å²) in [6.07, 6.45) is 2.84. The molecular weight excluding hydrogens is 316 g/mol. The van der Waals surface area contributed by atoms with Crippen LogP contribution in [0.5, 0.6) is 5.75 Å². The third-order valence-corrected chi connectivity index (χ3v) is 4.02. The summed E-state index contributed by atoms with van der Waals surface area (Å²) in [4.78, 5) is 25.6. The highest BCUT2D eigenvalue weighted by atomic mass is 16.5. The molecule has 0 aliphatic carbocycles. The highest BCUT2D eigenvalue weighted by Crippen LogP contribution is 2.27. The molecule has 25 heavy (non-hydrogen) atoms. The van der Waals surface area contributed by atoms with Gasteiger partial charge in [-0.25, -0.2) is 0 Å². The van der Waals surface area contributed by atoms with Gasteiger partial charge in [0.05, 0.1) is 0 Å². The average molecular weight is 336 g/mol. The van der Waals surface area contributed by atoms with E-state index >= 15 is 0 Å². The van der Waals surface area contributed by atoms with Gasteiger partial charge in [0.1, 0.15) is 5.75 Å². The van der Waals surface area contributed by atoms with Gasteiger partial charge in [0.25, 0.3) is 5.91 Å². The van der Waals surface area contributed by atoms with E-state index in [1.54, 1.807) is 17.0 Å². The van der Waals surface area contributed by atoms with Crippen molar-refractivity contribution < 1.29 is 14.3 Å². The molecule has 2 aromatic rings. The molecule has 1 heterocycles. The van der Waals surface area contributed by atoms with Crippen LogP contribution in [0.3, 0.4) is 0 Å². The summed E-state index contributed by atoms with van der Waals surface area (Å²) in [5, 5.41) is 2.83. The molecule has 1 N–H and O–H groups in total. The average Bonchev–Trinajstić information content (AvgIpc) is 2.64. The zero-order valence-corrected chi connectivity index (χ0v) is 13.9. The highest BCUT2D eigenvalue weighted by Gasteiger charge is 2.17. The largest absolute Gasteiger partial charge is 0.484 e. The van der Waals surface area contributed by atoms with Crippen LogP contribution in [0.15, 0.2) is 61.2 Å². The fourth-order valence-electron chi connectivity index (χ4n) is 2.76. The van der Waals surface area contributed by atoms with E-state index in [2.05, 4.69) is 11.9 Å². The van der Waals surface area contributed by atoms with Crippen molar-refractivity contribution >= 4 is 23.2 Å². The van der Waals surface area contributed by atoms with Crippen molar-refractivity contribution in [1.29, 1.82) is 0 Å². The van der Waals surface area contributed by atoms with Gasteiger partial charge in [-0.15, -0.1) is 6.58 Å². The lowest BCUT2D eigenvalue weighted by molar-refractivity contribution is -0.120. The molecule has 0 saturated carbocycles. The Bertz CT molecular complexity index is 787. The molecule has 1 aliphatic heterocycles. The second-order valence-electron chi connectivity index (χ2n) is 5.78. The molecule has 0 fully saturated rings. The zero-order chi connectivity index (χ0) is 17.6. The maximum atomic E-state index is 12.5. The van der Waals surface area contributed by atoms with E-state index in [9.17, 15) is 9.59 Å². The number of aryl methyl sites for hydroxylation is 1. The van der Waals surface area contributed by atoms with Crippen LogP contribution < -0.4 is 15.0 Å². The number of fused-ring (bicyclic) bond motifs is 1. The van der Waals surface area contributed by atoms with Gasteiger partial charge in [-0.1, -0.05) is 24.3 Å². The van der Waals surface area contributed by atoms with Gasteiger partial charge in [-0.05, 0) is 42.3 Å². The van der Waals surface area contributed by atoms with Gasteiger partial charge >= 0.3 is 0 Å². The van der Waals surface area contributed by atoms with Crippen molar-refractivity contribution in [3.05, 3.63) is 66.7 Å². The first-order valence-corrected chi connectivity index (χ1v) is 8.19. The van der Waals surface area contributed by atoms with E-state index in [0.29, 0.717) is 25.1 Å². The minimum absolute atomic E-state index is 0.0271. The molecule has 0 radical (unpaired) electrons. The second kappa shape index (κ2) is 7.66. The van der Waals surface area contributed by atoms with E-state index in [-0.39, 0.29) is 18.4 Å². The monoisotopic (exact) mass is 336 g/mol. The van der Waals surface area contributed by atoms with Crippen LogP contribution in [0.25, 0.3) is 0 Å².